The average molecular weight is 237 g/mol. The fraction of sp³-hybridized carbons (Fsp3) is 0.538. The zero-order valence-electron chi connectivity index (χ0n) is 10.3. The van der Waals surface area contributed by atoms with Crippen LogP contribution in [0.25, 0.3) is 0 Å². The van der Waals surface area contributed by atoms with Crippen LogP contribution in [0.1, 0.15) is 17.2 Å². The van der Waals surface area contributed by atoms with Crippen LogP contribution in [0.3, 0.4) is 0 Å². The summed E-state index contributed by atoms with van der Waals surface area (Å²) in [5.41, 5.74) is 8.37. The topological polar surface area (TPSA) is 53.7 Å². The van der Waals surface area contributed by atoms with Crippen molar-refractivity contribution in [2.45, 2.75) is 19.1 Å². The molecule has 2 rings (SSSR count). The predicted molar refractivity (Wildman–Crippen MR) is 65.2 cm³/mol. The highest BCUT2D eigenvalue weighted by Gasteiger charge is 2.25. The van der Waals surface area contributed by atoms with Crippen molar-refractivity contribution in [2.24, 2.45) is 5.73 Å². The minimum Gasteiger partial charge on any atom is -0.496 e. The Kier molecular flexibility index (Phi) is 3.99. The van der Waals surface area contributed by atoms with E-state index in [9.17, 15) is 0 Å². The van der Waals surface area contributed by atoms with Gasteiger partial charge in [0, 0.05) is 5.56 Å². The molecule has 0 bridgehead atoms. The molecular formula is C13H19NO3. The molecule has 0 amide bonds. The maximum absolute atomic E-state index is 6.23. The molecule has 1 aliphatic rings. The van der Waals surface area contributed by atoms with E-state index in [2.05, 4.69) is 0 Å². The monoisotopic (exact) mass is 237 g/mol. The first-order valence-electron chi connectivity index (χ1n) is 5.82. The third-order valence-electron chi connectivity index (χ3n) is 2.99. The lowest BCUT2D eigenvalue weighted by molar-refractivity contribution is -0.0977. The molecule has 1 aromatic carbocycles. The molecule has 2 unspecified atom stereocenters. The van der Waals surface area contributed by atoms with Gasteiger partial charge in [0.25, 0.3) is 0 Å². The van der Waals surface area contributed by atoms with Crippen LogP contribution >= 0.6 is 0 Å². The van der Waals surface area contributed by atoms with Gasteiger partial charge in [-0.3, -0.25) is 0 Å². The number of rotatable bonds is 3. The summed E-state index contributed by atoms with van der Waals surface area (Å²) in [4.78, 5) is 0. The zero-order valence-corrected chi connectivity index (χ0v) is 10.3. The first-order chi connectivity index (χ1) is 8.22. The van der Waals surface area contributed by atoms with Gasteiger partial charge in [0.15, 0.2) is 0 Å². The molecule has 1 heterocycles. The second kappa shape index (κ2) is 5.49. The van der Waals surface area contributed by atoms with Crippen LogP contribution in [-0.4, -0.2) is 33.0 Å². The van der Waals surface area contributed by atoms with E-state index in [0.717, 1.165) is 16.9 Å². The number of nitrogens with two attached hydrogens (primary N) is 1. The largest absolute Gasteiger partial charge is 0.496 e. The van der Waals surface area contributed by atoms with E-state index in [4.69, 9.17) is 19.9 Å². The summed E-state index contributed by atoms with van der Waals surface area (Å²) >= 11 is 0. The minimum atomic E-state index is -0.217. The van der Waals surface area contributed by atoms with Gasteiger partial charge in [0.05, 0.1) is 33.0 Å². The Hall–Kier alpha value is -1.10. The highest BCUT2D eigenvalue weighted by molar-refractivity contribution is 5.39. The molecule has 2 N–H and O–H groups in total. The van der Waals surface area contributed by atoms with Crippen molar-refractivity contribution >= 4 is 0 Å². The van der Waals surface area contributed by atoms with E-state index in [1.165, 1.54) is 0 Å². The molecule has 0 saturated carbocycles. The maximum Gasteiger partial charge on any atom is 0.123 e. The number of hydrogen-bond donors (Lipinski definition) is 1. The molecule has 0 spiro atoms. The van der Waals surface area contributed by atoms with Crippen molar-refractivity contribution in [1.29, 1.82) is 0 Å². The van der Waals surface area contributed by atoms with Crippen LogP contribution < -0.4 is 10.5 Å². The molecule has 94 valence electrons. The van der Waals surface area contributed by atoms with E-state index in [1.807, 2.05) is 25.1 Å². The van der Waals surface area contributed by atoms with E-state index in [0.29, 0.717) is 19.8 Å². The van der Waals surface area contributed by atoms with Crippen LogP contribution in [-0.2, 0) is 9.47 Å². The summed E-state index contributed by atoms with van der Waals surface area (Å²) in [5.74, 6) is 0.803. The van der Waals surface area contributed by atoms with E-state index >= 15 is 0 Å². The molecule has 4 heteroatoms. The second-order valence-electron chi connectivity index (χ2n) is 4.26. The van der Waals surface area contributed by atoms with Gasteiger partial charge in [0.2, 0.25) is 0 Å². The van der Waals surface area contributed by atoms with E-state index < -0.39 is 0 Å². The summed E-state index contributed by atoms with van der Waals surface area (Å²) in [7, 11) is 1.65. The Morgan fingerprint density at radius 3 is 2.88 bits per heavy atom. The van der Waals surface area contributed by atoms with Crippen molar-refractivity contribution in [3.05, 3.63) is 29.3 Å². The Morgan fingerprint density at radius 2 is 2.24 bits per heavy atom. The molecule has 1 aromatic rings. The zero-order chi connectivity index (χ0) is 12.3. The number of hydrogen-bond acceptors (Lipinski definition) is 4. The third kappa shape index (κ3) is 2.77. The summed E-state index contributed by atoms with van der Waals surface area (Å²) in [6.45, 7) is 3.83. The predicted octanol–water partition coefficient (Wildman–Crippen LogP) is 1.42. The number of benzene rings is 1. The highest BCUT2D eigenvalue weighted by atomic mass is 16.6. The Labute approximate surface area is 102 Å². The standard InChI is InChI=1S/C13H19NO3/c1-9-3-4-11(15-2)10(7-9)13(14)12-8-16-5-6-17-12/h3-4,7,12-13H,5-6,8,14H2,1-2H3. The average Bonchev–Trinajstić information content (AvgIpc) is 2.39. The van der Waals surface area contributed by atoms with Gasteiger partial charge in [-0.1, -0.05) is 17.7 Å². The Morgan fingerprint density at radius 1 is 1.41 bits per heavy atom. The Bertz CT molecular complexity index is 375. The highest BCUT2D eigenvalue weighted by Crippen LogP contribution is 2.28. The van der Waals surface area contributed by atoms with Gasteiger partial charge in [-0.15, -0.1) is 0 Å². The lowest BCUT2D eigenvalue weighted by Crippen LogP contribution is -2.38. The van der Waals surface area contributed by atoms with Crippen molar-refractivity contribution < 1.29 is 14.2 Å². The van der Waals surface area contributed by atoms with Crippen LogP contribution in [0.4, 0.5) is 0 Å². The molecule has 4 nitrogen and oxygen atoms in total. The van der Waals surface area contributed by atoms with Crippen molar-refractivity contribution in [3.8, 4) is 5.75 Å². The van der Waals surface area contributed by atoms with Crippen molar-refractivity contribution in [1.82, 2.24) is 0 Å². The lowest BCUT2D eigenvalue weighted by Gasteiger charge is -2.29. The third-order valence-corrected chi connectivity index (χ3v) is 2.99. The summed E-state index contributed by atoms with van der Waals surface area (Å²) in [6.07, 6.45) is -0.0977. The van der Waals surface area contributed by atoms with Gasteiger partial charge < -0.3 is 19.9 Å². The van der Waals surface area contributed by atoms with Gasteiger partial charge in [-0.25, -0.2) is 0 Å². The summed E-state index contributed by atoms with van der Waals surface area (Å²) < 4.78 is 16.3. The summed E-state index contributed by atoms with van der Waals surface area (Å²) in [6, 6.07) is 5.77. The van der Waals surface area contributed by atoms with Gasteiger partial charge >= 0.3 is 0 Å². The van der Waals surface area contributed by atoms with Gasteiger partial charge in [0.1, 0.15) is 11.9 Å². The second-order valence-corrected chi connectivity index (χ2v) is 4.26. The number of ether oxygens (including phenoxy) is 3. The van der Waals surface area contributed by atoms with Crippen LogP contribution in [0.15, 0.2) is 18.2 Å². The van der Waals surface area contributed by atoms with Crippen molar-refractivity contribution in [3.63, 3.8) is 0 Å². The molecule has 0 radical (unpaired) electrons. The molecule has 1 fully saturated rings. The summed E-state index contributed by atoms with van der Waals surface area (Å²) in [5, 5.41) is 0. The Balaban J connectivity index is 2.21. The molecular weight excluding hydrogens is 218 g/mol. The molecule has 1 aliphatic heterocycles. The SMILES string of the molecule is COc1ccc(C)cc1C(N)C1COCCO1. The molecule has 1 saturated heterocycles. The number of aryl methyl sites for hydroxylation is 1. The van der Waals surface area contributed by atoms with Crippen LogP contribution in [0, 0.1) is 6.92 Å². The fourth-order valence-electron chi connectivity index (χ4n) is 2.03. The van der Waals surface area contributed by atoms with Crippen LogP contribution in [0.2, 0.25) is 0 Å². The van der Waals surface area contributed by atoms with E-state index in [1.54, 1.807) is 7.11 Å². The number of methoxy groups -OCH3 is 1. The molecule has 0 aromatic heterocycles. The fourth-order valence-corrected chi connectivity index (χ4v) is 2.03. The quantitative estimate of drug-likeness (QED) is 0.863. The van der Waals surface area contributed by atoms with E-state index in [-0.39, 0.29) is 12.1 Å². The van der Waals surface area contributed by atoms with Gasteiger partial charge in [-0.2, -0.15) is 0 Å². The normalized spacial score (nSPS) is 22.2. The lowest BCUT2D eigenvalue weighted by atomic mass is 9.99. The molecule has 17 heavy (non-hydrogen) atoms. The van der Waals surface area contributed by atoms with Crippen molar-refractivity contribution in [2.75, 3.05) is 26.9 Å². The van der Waals surface area contributed by atoms with Crippen LogP contribution in [0.5, 0.6) is 5.75 Å². The molecule has 2 atom stereocenters. The smallest absolute Gasteiger partial charge is 0.123 e. The van der Waals surface area contributed by atoms with Gasteiger partial charge in [-0.05, 0) is 13.0 Å². The molecule has 0 aliphatic carbocycles. The minimum absolute atomic E-state index is 0.0977. The maximum atomic E-state index is 6.23. The first-order valence-corrected chi connectivity index (χ1v) is 5.82. The first kappa shape index (κ1) is 12.4.